The van der Waals surface area contributed by atoms with Gasteiger partial charge in [-0.05, 0) is 56.8 Å². The number of alkyl halides is 1. The van der Waals surface area contributed by atoms with Gasteiger partial charge in [0.15, 0.2) is 5.82 Å². The van der Waals surface area contributed by atoms with Crippen molar-refractivity contribution in [3.05, 3.63) is 65.5 Å². The molecule has 0 radical (unpaired) electrons. The summed E-state index contributed by atoms with van der Waals surface area (Å²) in [6.07, 6.45) is 10.3. The molecule has 3 aromatic heterocycles. The molecule has 3 aliphatic heterocycles. The molecule has 0 spiro atoms. The van der Waals surface area contributed by atoms with Crippen molar-refractivity contribution < 1.29 is 23.4 Å². The summed E-state index contributed by atoms with van der Waals surface area (Å²) in [7, 11) is 0. The van der Waals surface area contributed by atoms with E-state index in [0.717, 1.165) is 30.8 Å². The van der Waals surface area contributed by atoms with Crippen molar-refractivity contribution in [2.24, 2.45) is 0 Å². The Labute approximate surface area is 275 Å². The number of aromatic nitrogens is 5. The van der Waals surface area contributed by atoms with Crippen LogP contribution in [0.2, 0.25) is 0 Å². The van der Waals surface area contributed by atoms with Crippen LogP contribution in [-0.2, 0) is 0 Å². The Hall–Kier alpha value is -5.15. The summed E-state index contributed by atoms with van der Waals surface area (Å²) in [6, 6.07) is 7.96. The van der Waals surface area contributed by atoms with Crippen molar-refractivity contribution in [3.8, 4) is 41.2 Å². The number of aryl methyl sites for hydroxylation is 1. The van der Waals surface area contributed by atoms with Gasteiger partial charge in [0, 0.05) is 41.9 Å². The molecule has 3 aliphatic rings. The highest BCUT2D eigenvalue weighted by Gasteiger charge is 2.49. The number of fused-ring (bicyclic) bond motifs is 2. The number of halogens is 2. The van der Waals surface area contributed by atoms with Gasteiger partial charge < -0.3 is 19.5 Å². The fraction of sp³-hybridized carbons (Fsp3) is 0.361. The number of benzene rings is 2. The van der Waals surface area contributed by atoms with Crippen LogP contribution in [0.3, 0.4) is 0 Å². The van der Waals surface area contributed by atoms with Gasteiger partial charge in [-0.15, -0.1) is 6.42 Å². The maximum absolute atomic E-state index is 17.1. The van der Waals surface area contributed by atoms with Gasteiger partial charge in [0.1, 0.15) is 47.5 Å². The van der Waals surface area contributed by atoms with Crippen LogP contribution in [0.1, 0.15) is 49.2 Å². The molecular formula is C36H33F2N7O3. The number of hydrogen-bond donors (Lipinski definition) is 1. The standard InChI is InChI=1S/C36H33F2N7O3/c1-4-22-7-5-8-23-15-25(46)16-26(27(22)23)31-29(38)32-28-33(43-35(42-32)48-19-36-9-6-12-44(36)18-24(37)17-36)45(13-14-47-34(28)41-31)21(3)30-20(2)39-10-11-40-30/h1,5,7-8,10-11,15-16,21,24,46H,6,9,12-14,17-19H2,2-3H3/t21-,24-,36+/m1/s1. The van der Waals surface area contributed by atoms with Crippen LogP contribution in [0.25, 0.3) is 32.9 Å². The van der Waals surface area contributed by atoms with Crippen LogP contribution in [-0.4, -0.2) is 79.5 Å². The van der Waals surface area contributed by atoms with Crippen molar-refractivity contribution >= 4 is 27.5 Å². The van der Waals surface area contributed by atoms with E-state index in [2.05, 4.69) is 25.8 Å². The second kappa shape index (κ2) is 11.5. The zero-order chi connectivity index (χ0) is 33.2. The minimum Gasteiger partial charge on any atom is -0.508 e. The zero-order valence-corrected chi connectivity index (χ0v) is 26.6. The molecule has 8 rings (SSSR count). The number of nitrogens with zero attached hydrogens (tertiary/aromatic N) is 7. The number of hydrogen-bond acceptors (Lipinski definition) is 10. The summed E-state index contributed by atoms with van der Waals surface area (Å²) >= 11 is 0. The number of terminal acetylenes is 1. The molecule has 0 unspecified atom stereocenters. The van der Waals surface area contributed by atoms with E-state index < -0.39 is 17.5 Å². The highest BCUT2D eigenvalue weighted by molar-refractivity contribution is 6.04. The van der Waals surface area contributed by atoms with Crippen molar-refractivity contribution in [1.82, 2.24) is 29.8 Å². The minimum atomic E-state index is -0.932. The predicted octanol–water partition coefficient (Wildman–Crippen LogP) is 5.68. The van der Waals surface area contributed by atoms with E-state index in [-0.39, 0.29) is 53.5 Å². The molecule has 48 heavy (non-hydrogen) atoms. The topological polar surface area (TPSA) is 110 Å². The van der Waals surface area contributed by atoms with Crippen LogP contribution < -0.4 is 14.4 Å². The van der Waals surface area contributed by atoms with E-state index in [1.807, 2.05) is 18.7 Å². The molecule has 0 aliphatic carbocycles. The molecular weight excluding hydrogens is 616 g/mol. The fourth-order valence-electron chi connectivity index (χ4n) is 7.73. The second-order valence-electron chi connectivity index (χ2n) is 12.8. The predicted molar refractivity (Wildman–Crippen MR) is 176 cm³/mol. The van der Waals surface area contributed by atoms with Gasteiger partial charge in [0.25, 0.3) is 0 Å². The minimum absolute atomic E-state index is 0.0388. The van der Waals surface area contributed by atoms with Crippen LogP contribution in [0.15, 0.2) is 42.7 Å². The lowest BCUT2D eigenvalue weighted by molar-refractivity contribution is 0.107. The van der Waals surface area contributed by atoms with Crippen LogP contribution in [0.5, 0.6) is 17.6 Å². The summed E-state index contributed by atoms with van der Waals surface area (Å²) < 4.78 is 44.2. The number of rotatable bonds is 6. The van der Waals surface area contributed by atoms with Crippen molar-refractivity contribution in [1.29, 1.82) is 0 Å². The number of pyridine rings is 1. The molecule has 5 aromatic rings. The summed E-state index contributed by atoms with van der Waals surface area (Å²) in [5.74, 6) is 2.36. The highest BCUT2D eigenvalue weighted by Crippen LogP contribution is 2.45. The third-order valence-electron chi connectivity index (χ3n) is 9.94. The summed E-state index contributed by atoms with van der Waals surface area (Å²) in [4.78, 5) is 27.3. The Morgan fingerprint density at radius 1 is 1.17 bits per heavy atom. The Kier molecular flexibility index (Phi) is 7.25. The van der Waals surface area contributed by atoms with Crippen LogP contribution >= 0.6 is 0 Å². The lowest BCUT2D eigenvalue weighted by Crippen LogP contribution is -2.43. The van der Waals surface area contributed by atoms with Crippen molar-refractivity contribution in [3.63, 3.8) is 0 Å². The van der Waals surface area contributed by atoms with Gasteiger partial charge in [0.05, 0.1) is 29.5 Å². The maximum Gasteiger partial charge on any atom is 0.319 e. The zero-order valence-electron chi connectivity index (χ0n) is 26.6. The Morgan fingerprint density at radius 3 is 2.85 bits per heavy atom. The first-order valence-corrected chi connectivity index (χ1v) is 16.1. The molecule has 0 saturated carbocycles. The third kappa shape index (κ3) is 4.83. The normalized spacial score (nSPS) is 21.1. The van der Waals surface area contributed by atoms with Crippen molar-refractivity contribution in [2.45, 2.75) is 50.9 Å². The SMILES string of the molecule is C#Cc1cccc2cc(O)cc(-c3nc4c5c(nc(OC[C@@]67CCCN6C[C@H](F)C7)nc5c3F)N([C@H](C)c3nccnc3C)CCO4)c12. The average Bonchev–Trinajstić information content (AvgIpc) is 3.54. The highest BCUT2D eigenvalue weighted by atomic mass is 19.1. The largest absolute Gasteiger partial charge is 0.508 e. The molecule has 12 heteroatoms. The van der Waals surface area contributed by atoms with Gasteiger partial charge in [-0.25, -0.2) is 13.8 Å². The van der Waals surface area contributed by atoms with E-state index in [1.165, 1.54) is 6.07 Å². The van der Waals surface area contributed by atoms with E-state index in [0.29, 0.717) is 47.2 Å². The first-order valence-electron chi connectivity index (χ1n) is 16.1. The number of phenolic OH excluding ortho intramolecular Hbond substituents is 1. The van der Waals surface area contributed by atoms with Crippen molar-refractivity contribution in [2.75, 3.05) is 37.7 Å². The number of ether oxygens (including phenoxy) is 2. The molecule has 3 atom stereocenters. The number of anilines is 1. The summed E-state index contributed by atoms with van der Waals surface area (Å²) in [6.45, 7) is 5.78. The molecule has 10 nitrogen and oxygen atoms in total. The Bertz CT molecular complexity index is 2140. The monoisotopic (exact) mass is 649 g/mol. The molecule has 2 aromatic carbocycles. The molecule has 0 amide bonds. The first-order chi connectivity index (χ1) is 23.3. The van der Waals surface area contributed by atoms with Crippen LogP contribution in [0, 0.1) is 25.1 Å². The third-order valence-corrected chi connectivity index (χ3v) is 9.94. The lowest BCUT2D eigenvalue weighted by atomic mass is 9.95. The maximum atomic E-state index is 17.1. The van der Waals surface area contributed by atoms with E-state index in [4.69, 9.17) is 25.9 Å². The van der Waals surface area contributed by atoms with E-state index in [9.17, 15) is 9.50 Å². The molecule has 2 fully saturated rings. The summed E-state index contributed by atoms with van der Waals surface area (Å²) in [5, 5.41) is 12.1. The summed E-state index contributed by atoms with van der Waals surface area (Å²) in [5.41, 5.74) is 1.69. The number of phenols is 1. The fourth-order valence-corrected chi connectivity index (χ4v) is 7.73. The van der Waals surface area contributed by atoms with Crippen LogP contribution in [0.4, 0.5) is 14.6 Å². The Balaban J connectivity index is 1.33. The quantitative estimate of drug-likeness (QED) is 0.231. The second-order valence-corrected chi connectivity index (χ2v) is 12.8. The lowest BCUT2D eigenvalue weighted by Gasteiger charge is -2.31. The molecule has 1 N–H and O–H groups in total. The van der Waals surface area contributed by atoms with Gasteiger partial charge in [0.2, 0.25) is 5.88 Å². The molecule has 2 saturated heterocycles. The smallest absolute Gasteiger partial charge is 0.319 e. The van der Waals surface area contributed by atoms with Gasteiger partial charge in [-0.2, -0.15) is 9.97 Å². The molecule has 0 bridgehead atoms. The van der Waals surface area contributed by atoms with E-state index in [1.54, 1.807) is 36.7 Å². The van der Waals surface area contributed by atoms with Gasteiger partial charge in [-0.1, -0.05) is 18.1 Å². The molecule has 244 valence electrons. The number of aromatic hydroxyl groups is 1. The van der Waals surface area contributed by atoms with E-state index >= 15 is 4.39 Å². The van der Waals surface area contributed by atoms with Gasteiger partial charge in [-0.3, -0.25) is 14.9 Å². The first kappa shape index (κ1) is 30.2. The Morgan fingerprint density at radius 2 is 2.02 bits per heavy atom. The molecule has 6 heterocycles. The average molecular weight is 650 g/mol. The van der Waals surface area contributed by atoms with Gasteiger partial charge >= 0.3 is 6.01 Å².